The average molecular weight is 280 g/mol. The van der Waals surface area contributed by atoms with Crippen molar-refractivity contribution in [2.45, 2.75) is 24.3 Å². The van der Waals surface area contributed by atoms with Gasteiger partial charge in [0.15, 0.2) is 10.3 Å². The molecule has 94 valence electrons. The van der Waals surface area contributed by atoms with Gasteiger partial charge < -0.3 is 5.32 Å². The summed E-state index contributed by atoms with van der Waals surface area (Å²) in [6, 6.07) is 1.74. The van der Waals surface area contributed by atoms with E-state index in [9.17, 15) is 4.79 Å². The van der Waals surface area contributed by atoms with E-state index in [0.717, 1.165) is 4.88 Å². The second kappa shape index (κ2) is 5.92. The monoisotopic (exact) mass is 280 g/mol. The summed E-state index contributed by atoms with van der Waals surface area (Å²) in [5.41, 5.74) is 0. The first kappa shape index (κ1) is 13.0. The number of thioether (sulfide) groups is 1. The maximum absolute atomic E-state index is 11.9. The number of rotatable bonds is 4. The van der Waals surface area contributed by atoms with Crippen molar-refractivity contribution >= 4 is 34.1 Å². The first-order valence-corrected chi connectivity index (χ1v) is 7.02. The summed E-state index contributed by atoms with van der Waals surface area (Å²) in [4.78, 5) is 25.2. The van der Waals surface area contributed by atoms with Gasteiger partial charge in [0.2, 0.25) is 5.91 Å². The quantitative estimate of drug-likeness (QED) is 0.688. The molecule has 1 amide bonds. The van der Waals surface area contributed by atoms with Crippen molar-refractivity contribution in [1.82, 2.24) is 15.0 Å². The molecule has 0 aliphatic heterocycles. The number of carbonyl (C=O) groups excluding carboxylic acids is 1. The van der Waals surface area contributed by atoms with Gasteiger partial charge >= 0.3 is 0 Å². The fourth-order valence-corrected chi connectivity index (χ4v) is 2.57. The summed E-state index contributed by atoms with van der Waals surface area (Å²) in [5, 5.41) is 3.72. The molecule has 1 atom stereocenters. The number of nitrogens with zero attached hydrogens (tertiary/aromatic N) is 3. The molecule has 5 nitrogen and oxygen atoms in total. The highest BCUT2D eigenvalue weighted by atomic mass is 32.2. The predicted molar refractivity (Wildman–Crippen MR) is 72.8 cm³/mol. The summed E-state index contributed by atoms with van der Waals surface area (Å²) in [7, 11) is 0. The first-order valence-electron chi connectivity index (χ1n) is 5.32. The highest BCUT2D eigenvalue weighted by Gasteiger charge is 2.16. The Labute approximate surface area is 113 Å². The molecule has 0 saturated heterocycles. The number of amides is 1. The van der Waals surface area contributed by atoms with Gasteiger partial charge in [-0.15, -0.1) is 11.3 Å². The molecule has 2 rings (SSSR count). The maximum Gasteiger partial charge on any atom is 0.239 e. The first-order chi connectivity index (χ1) is 8.65. The van der Waals surface area contributed by atoms with Crippen LogP contribution in [0.5, 0.6) is 0 Å². The summed E-state index contributed by atoms with van der Waals surface area (Å²) < 4.78 is 0. The van der Waals surface area contributed by atoms with Gasteiger partial charge in [0.1, 0.15) is 0 Å². The lowest BCUT2D eigenvalue weighted by Gasteiger charge is -2.08. The number of anilines is 1. The maximum atomic E-state index is 11.9. The van der Waals surface area contributed by atoms with Crippen LogP contribution in [0.2, 0.25) is 0 Å². The van der Waals surface area contributed by atoms with Gasteiger partial charge in [-0.1, -0.05) is 11.8 Å². The zero-order chi connectivity index (χ0) is 13.0. The fourth-order valence-electron chi connectivity index (χ4n) is 1.18. The van der Waals surface area contributed by atoms with Crippen molar-refractivity contribution in [1.29, 1.82) is 0 Å². The lowest BCUT2D eigenvalue weighted by Crippen LogP contribution is -2.22. The standard InChI is InChI=1S/C11H12N4OS2/c1-7-6-14-11(17-7)15-9(16)8(2)18-10-12-4-3-5-13-10/h3-6,8H,1-2H3,(H,14,15,16). The van der Waals surface area contributed by atoms with E-state index < -0.39 is 0 Å². The molecule has 1 N–H and O–H groups in total. The van der Waals surface area contributed by atoms with Gasteiger partial charge in [-0.25, -0.2) is 15.0 Å². The van der Waals surface area contributed by atoms with Crippen LogP contribution in [0.4, 0.5) is 5.13 Å². The third kappa shape index (κ3) is 3.51. The molecule has 2 heterocycles. The molecule has 0 aromatic carbocycles. The summed E-state index contributed by atoms with van der Waals surface area (Å²) in [6.45, 7) is 3.76. The van der Waals surface area contributed by atoms with Crippen LogP contribution < -0.4 is 5.32 Å². The smallest absolute Gasteiger partial charge is 0.239 e. The number of thiazole rings is 1. The summed E-state index contributed by atoms with van der Waals surface area (Å²) >= 11 is 2.78. The van der Waals surface area contributed by atoms with Crippen molar-refractivity contribution in [3.8, 4) is 0 Å². The van der Waals surface area contributed by atoms with Crippen molar-refractivity contribution in [2.24, 2.45) is 0 Å². The lowest BCUT2D eigenvalue weighted by atomic mass is 10.4. The zero-order valence-corrected chi connectivity index (χ0v) is 11.6. The Morgan fingerprint density at radius 2 is 2.11 bits per heavy atom. The molecule has 18 heavy (non-hydrogen) atoms. The topological polar surface area (TPSA) is 67.8 Å². The largest absolute Gasteiger partial charge is 0.301 e. The molecular weight excluding hydrogens is 268 g/mol. The van der Waals surface area contributed by atoms with Crippen molar-refractivity contribution < 1.29 is 4.79 Å². The van der Waals surface area contributed by atoms with Crippen molar-refractivity contribution in [3.63, 3.8) is 0 Å². The van der Waals surface area contributed by atoms with Crippen LogP contribution in [0, 0.1) is 6.92 Å². The highest BCUT2D eigenvalue weighted by Crippen LogP contribution is 2.21. The Morgan fingerprint density at radius 3 is 2.72 bits per heavy atom. The van der Waals surface area contributed by atoms with Gasteiger partial charge in [-0.2, -0.15) is 0 Å². The van der Waals surface area contributed by atoms with Gasteiger partial charge in [0, 0.05) is 23.5 Å². The minimum atomic E-state index is -0.267. The van der Waals surface area contributed by atoms with E-state index >= 15 is 0 Å². The van der Waals surface area contributed by atoms with E-state index in [0.29, 0.717) is 10.3 Å². The number of nitrogens with one attached hydrogen (secondary N) is 1. The third-order valence-corrected chi connectivity index (χ3v) is 3.86. The fraction of sp³-hybridized carbons (Fsp3) is 0.273. The summed E-state index contributed by atoms with van der Waals surface area (Å²) in [6.07, 6.45) is 5.05. The summed E-state index contributed by atoms with van der Waals surface area (Å²) in [5.74, 6) is -0.0956. The van der Waals surface area contributed by atoms with E-state index in [1.807, 2.05) is 13.8 Å². The van der Waals surface area contributed by atoms with Crippen LogP contribution in [-0.4, -0.2) is 26.1 Å². The molecule has 7 heteroatoms. The van der Waals surface area contributed by atoms with E-state index in [1.165, 1.54) is 23.1 Å². The Kier molecular flexibility index (Phi) is 4.27. The lowest BCUT2D eigenvalue weighted by molar-refractivity contribution is -0.115. The molecule has 0 fully saturated rings. The Hall–Kier alpha value is -1.47. The molecule has 0 aliphatic carbocycles. The molecule has 2 aromatic rings. The van der Waals surface area contributed by atoms with Gasteiger partial charge in [-0.3, -0.25) is 4.79 Å². The number of carbonyl (C=O) groups is 1. The van der Waals surface area contributed by atoms with Gasteiger partial charge in [0.05, 0.1) is 5.25 Å². The minimum absolute atomic E-state index is 0.0956. The number of hydrogen-bond acceptors (Lipinski definition) is 6. The van der Waals surface area contributed by atoms with E-state index in [1.54, 1.807) is 24.7 Å². The van der Waals surface area contributed by atoms with Crippen LogP contribution in [0.1, 0.15) is 11.8 Å². The number of aromatic nitrogens is 3. The molecule has 0 aliphatic rings. The van der Waals surface area contributed by atoms with Crippen molar-refractivity contribution in [3.05, 3.63) is 29.5 Å². The Morgan fingerprint density at radius 1 is 1.39 bits per heavy atom. The number of hydrogen-bond donors (Lipinski definition) is 1. The second-order valence-corrected chi connectivity index (χ2v) is 6.10. The molecular formula is C11H12N4OS2. The molecule has 0 saturated carbocycles. The normalized spacial score (nSPS) is 12.1. The van der Waals surface area contributed by atoms with Crippen LogP contribution in [0.25, 0.3) is 0 Å². The third-order valence-electron chi connectivity index (χ3n) is 2.04. The van der Waals surface area contributed by atoms with Gasteiger partial charge in [0.25, 0.3) is 0 Å². The van der Waals surface area contributed by atoms with Crippen molar-refractivity contribution in [2.75, 3.05) is 5.32 Å². The molecule has 1 unspecified atom stereocenters. The highest BCUT2D eigenvalue weighted by molar-refractivity contribution is 8.00. The molecule has 0 spiro atoms. The van der Waals surface area contributed by atoms with E-state index in [4.69, 9.17) is 0 Å². The second-order valence-electron chi connectivity index (χ2n) is 3.56. The zero-order valence-electron chi connectivity index (χ0n) is 9.95. The SMILES string of the molecule is Cc1cnc(NC(=O)C(C)Sc2ncccn2)s1. The van der Waals surface area contributed by atoms with Gasteiger partial charge in [-0.05, 0) is 19.9 Å². The van der Waals surface area contributed by atoms with Crippen LogP contribution >= 0.6 is 23.1 Å². The predicted octanol–water partition coefficient (Wildman–Crippen LogP) is 2.36. The molecule has 2 aromatic heterocycles. The minimum Gasteiger partial charge on any atom is -0.301 e. The van der Waals surface area contributed by atoms with E-state index in [-0.39, 0.29) is 11.2 Å². The van der Waals surface area contributed by atoms with Crippen LogP contribution in [0.3, 0.4) is 0 Å². The van der Waals surface area contributed by atoms with E-state index in [2.05, 4.69) is 20.3 Å². The Balaban J connectivity index is 1.93. The molecule has 0 radical (unpaired) electrons. The average Bonchev–Trinajstić information content (AvgIpc) is 2.76. The Bertz CT molecular complexity index is 529. The van der Waals surface area contributed by atoms with Crippen LogP contribution in [0.15, 0.2) is 29.8 Å². The number of aryl methyl sites for hydroxylation is 1. The van der Waals surface area contributed by atoms with Crippen LogP contribution in [-0.2, 0) is 4.79 Å². The molecule has 0 bridgehead atoms.